The molecule has 0 aromatic heterocycles. The van der Waals surface area contributed by atoms with Crippen molar-refractivity contribution < 1.29 is 14.6 Å². The van der Waals surface area contributed by atoms with Gasteiger partial charge in [-0.25, -0.2) is 0 Å². The van der Waals surface area contributed by atoms with Crippen LogP contribution in [0.4, 0.5) is 0 Å². The number of ether oxygens (including phenoxy) is 1. The number of esters is 1. The molecule has 0 aliphatic heterocycles. The first kappa shape index (κ1) is 10.9. The van der Waals surface area contributed by atoms with Crippen LogP contribution in [0.25, 0.3) is 0 Å². The fourth-order valence-electron chi connectivity index (χ4n) is 3.20. The topological polar surface area (TPSA) is 46.5 Å². The summed E-state index contributed by atoms with van der Waals surface area (Å²) >= 11 is 0. The molecule has 0 bridgehead atoms. The molecule has 0 saturated heterocycles. The van der Waals surface area contributed by atoms with Gasteiger partial charge in [-0.05, 0) is 32.1 Å². The summed E-state index contributed by atoms with van der Waals surface area (Å²) in [6.07, 6.45) is 7.43. The summed E-state index contributed by atoms with van der Waals surface area (Å²) in [5.41, 5.74) is -1.35. The van der Waals surface area contributed by atoms with E-state index in [2.05, 4.69) is 0 Å². The van der Waals surface area contributed by atoms with Crippen molar-refractivity contribution >= 4 is 5.97 Å². The molecule has 3 nitrogen and oxygen atoms in total. The highest BCUT2D eigenvalue weighted by atomic mass is 16.5. The summed E-state index contributed by atoms with van der Waals surface area (Å²) in [6.45, 7) is 0. The van der Waals surface area contributed by atoms with E-state index in [4.69, 9.17) is 4.74 Å². The molecule has 3 heteroatoms. The Labute approximate surface area is 90.8 Å². The summed E-state index contributed by atoms with van der Waals surface area (Å²) < 4.78 is 4.92. The van der Waals surface area contributed by atoms with Crippen molar-refractivity contribution in [3.8, 4) is 0 Å². The van der Waals surface area contributed by atoms with Crippen LogP contribution in [-0.2, 0) is 9.53 Å². The third kappa shape index (κ3) is 1.48. The number of carbonyl (C=O) groups is 1. The second-order valence-corrected chi connectivity index (χ2v) is 5.02. The Morgan fingerprint density at radius 2 is 1.67 bits per heavy atom. The Morgan fingerprint density at radius 1 is 1.07 bits per heavy atom. The predicted molar refractivity (Wildman–Crippen MR) is 56.3 cm³/mol. The predicted octanol–water partition coefficient (Wildman–Crippen LogP) is 2.02. The monoisotopic (exact) mass is 212 g/mol. The van der Waals surface area contributed by atoms with Gasteiger partial charge in [-0.2, -0.15) is 0 Å². The lowest BCUT2D eigenvalue weighted by Crippen LogP contribution is -2.58. The molecule has 0 spiro atoms. The van der Waals surface area contributed by atoms with E-state index < -0.39 is 11.0 Å². The fraction of sp³-hybridized carbons (Fsp3) is 0.917. The molecular formula is C12H20O3. The van der Waals surface area contributed by atoms with Crippen LogP contribution in [0.3, 0.4) is 0 Å². The van der Waals surface area contributed by atoms with E-state index in [9.17, 15) is 9.90 Å². The molecule has 2 saturated carbocycles. The van der Waals surface area contributed by atoms with Crippen molar-refractivity contribution in [1.82, 2.24) is 0 Å². The van der Waals surface area contributed by atoms with Crippen LogP contribution < -0.4 is 0 Å². The standard InChI is InChI=1S/C12H20O3/c1-15-10(13)11(6-3-2-4-7-11)12(14)8-5-9-12/h14H,2-9H2,1H3. The minimum atomic E-state index is -0.763. The van der Waals surface area contributed by atoms with Crippen molar-refractivity contribution in [1.29, 1.82) is 0 Å². The van der Waals surface area contributed by atoms with Crippen LogP contribution in [0.1, 0.15) is 51.4 Å². The lowest BCUT2D eigenvalue weighted by molar-refractivity contribution is -0.194. The van der Waals surface area contributed by atoms with Gasteiger partial charge >= 0.3 is 5.97 Å². The molecule has 2 rings (SSSR count). The molecule has 0 radical (unpaired) electrons. The zero-order chi connectivity index (χ0) is 10.9. The van der Waals surface area contributed by atoms with Crippen molar-refractivity contribution in [3.63, 3.8) is 0 Å². The van der Waals surface area contributed by atoms with E-state index in [1.165, 1.54) is 13.5 Å². The molecule has 1 N–H and O–H groups in total. The van der Waals surface area contributed by atoms with Crippen molar-refractivity contribution in [2.75, 3.05) is 7.11 Å². The van der Waals surface area contributed by atoms with E-state index in [1.54, 1.807) is 0 Å². The van der Waals surface area contributed by atoms with Crippen molar-refractivity contribution in [2.24, 2.45) is 5.41 Å². The number of carbonyl (C=O) groups excluding carboxylic acids is 1. The normalized spacial score (nSPS) is 27.9. The molecule has 0 unspecified atom stereocenters. The average molecular weight is 212 g/mol. The van der Waals surface area contributed by atoms with Crippen LogP contribution in [0.2, 0.25) is 0 Å². The van der Waals surface area contributed by atoms with Gasteiger partial charge in [0.1, 0.15) is 0 Å². The Bertz CT molecular complexity index is 250. The molecule has 0 atom stereocenters. The zero-order valence-electron chi connectivity index (χ0n) is 9.42. The maximum atomic E-state index is 11.9. The zero-order valence-corrected chi connectivity index (χ0v) is 9.42. The number of hydrogen-bond acceptors (Lipinski definition) is 3. The summed E-state index contributed by atoms with van der Waals surface area (Å²) in [5, 5.41) is 10.5. The molecule has 0 aromatic carbocycles. The van der Waals surface area contributed by atoms with Crippen LogP contribution in [-0.4, -0.2) is 23.8 Å². The van der Waals surface area contributed by atoms with Crippen LogP contribution >= 0.6 is 0 Å². The summed E-state index contributed by atoms with van der Waals surface area (Å²) in [7, 11) is 1.43. The molecular weight excluding hydrogens is 192 g/mol. The third-order valence-corrected chi connectivity index (χ3v) is 4.35. The maximum absolute atomic E-state index is 11.9. The lowest BCUT2D eigenvalue weighted by Gasteiger charge is -2.52. The van der Waals surface area contributed by atoms with Crippen LogP contribution in [0.5, 0.6) is 0 Å². The minimum Gasteiger partial charge on any atom is -0.469 e. The summed E-state index contributed by atoms with van der Waals surface area (Å²) in [6, 6.07) is 0. The average Bonchev–Trinajstić information content (AvgIpc) is 2.25. The molecule has 2 aliphatic rings. The van der Waals surface area contributed by atoms with Crippen LogP contribution in [0, 0.1) is 5.41 Å². The van der Waals surface area contributed by atoms with Gasteiger partial charge in [-0.1, -0.05) is 19.3 Å². The van der Waals surface area contributed by atoms with E-state index in [0.29, 0.717) is 0 Å². The Balaban J connectivity index is 2.25. The van der Waals surface area contributed by atoms with Crippen molar-refractivity contribution in [3.05, 3.63) is 0 Å². The second-order valence-electron chi connectivity index (χ2n) is 5.02. The highest BCUT2D eigenvalue weighted by Gasteiger charge is 2.59. The molecule has 0 amide bonds. The van der Waals surface area contributed by atoms with Gasteiger partial charge in [0, 0.05) is 0 Å². The number of rotatable bonds is 2. The van der Waals surface area contributed by atoms with Crippen LogP contribution in [0.15, 0.2) is 0 Å². The molecule has 15 heavy (non-hydrogen) atoms. The van der Waals surface area contributed by atoms with E-state index in [1.807, 2.05) is 0 Å². The van der Waals surface area contributed by atoms with Gasteiger partial charge in [0.05, 0.1) is 18.1 Å². The van der Waals surface area contributed by atoms with Crippen molar-refractivity contribution in [2.45, 2.75) is 57.0 Å². The smallest absolute Gasteiger partial charge is 0.314 e. The van der Waals surface area contributed by atoms with Gasteiger partial charge in [-0.3, -0.25) is 4.79 Å². The van der Waals surface area contributed by atoms with E-state index in [0.717, 1.165) is 44.9 Å². The highest BCUT2D eigenvalue weighted by Crippen LogP contribution is 2.54. The number of aliphatic hydroxyl groups is 1. The van der Waals surface area contributed by atoms with Gasteiger partial charge in [0.2, 0.25) is 0 Å². The van der Waals surface area contributed by atoms with Gasteiger partial charge in [0.15, 0.2) is 0 Å². The third-order valence-electron chi connectivity index (χ3n) is 4.35. The first-order valence-corrected chi connectivity index (χ1v) is 5.95. The molecule has 0 aromatic rings. The first-order valence-electron chi connectivity index (χ1n) is 5.95. The number of methoxy groups -OCH3 is 1. The second kappa shape index (κ2) is 3.78. The van der Waals surface area contributed by atoms with E-state index >= 15 is 0 Å². The SMILES string of the molecule is COC(=O)C1(C2(O)CCC2)CCCCC1. The first-order chi connectivity index (χ1) is 7.15. The van der Waals surface area contributed by atoms with Gasteiger partial charge in [-0.15, -0.1) is 0 Å². The molecule has 0 heterocycles. The summed E-state index contributed by atoms with van der Waals surface area (Å²) in [5.74, 6) is -0.190. The Kier molecular flexibility index (Phi) is 2.75. The van der Waals surface area contributed by atoms with Gasteiger partial charge < -0.3 is 9.84 Å². The maximum Gasteiger partial charge on any atom is 0.314 e. The largest absolute Gasteiger partial charge is 0.469 e. The minimum absolute atomic E-state index is 0.190. The lowest BCUT2D eigenvalue weighted by atomic mass is 9.56. The molecule has 2 fully saturated rings. The summed E-state index contributed by atoms with van der Waals surface area (Å²) in [4.78, 5) is 11.9. The highest BCUT2D eigenvalue weighted by molar-refractivity contribution is 5.78. The van der Waals surface area contributed by atoms with Gasteiger partial charge in [0.25, 0.3) is 0 Å². The quantitative estimate of drug-likeness (QED) is 0.712. The molecule has 86 valence electrons. The number of hydrogen-bond donors (Lipinski definition) is 1. The van der Waals surface area contributed by atoms with E-state index in [-0.39, 0.29) is 5.97 Å². The fourth-order valence-corrected chi connectivity index (χ4v) is 3.20. The Hall–Kier alpha value is -0.570. The molecule has 2 aliphatic carbocycles. The Morgan fingerprint density at radius 3 is 2.07 bits per heavy atom.